The number of esters is 1. The Labute approximate surface area is 213 Å². The third-order valence-electron chi connectivity index (χ3n) is 6.97. The van der Waals surface area contributed by atoms with Crippen LogP contribution in [-0.4, -0.2) is 35.8 Å². The van der Waals surface area contributed by atoms with Gasteiger partial charge in [0, 0.05) is 5.92 Å². The molecule has 3 heterocycles. The molecule has 1 aliphatic heterocycles. The number of aromatic nitrogens is 1. The van der Waals surface area contributed by atoms with Gasteiger partial charge in [-0.3, -0.25) is 4.79 Å². The molecule has 0 bridgehead atoms. The van der Waals surface area contributed by atoms with Crippen molar-refractivity contribution in [2.24, 2.45) is 5.92 Å². The fraction of sp³-hybridized carbons (Fsp3) is 0.393. The van der Waals surface area contributed by atoms with Crippen LogP contribution in [0.1, 0.15) is 55.3 Å². The molecule has 188 valence electrons. The minimum absolute atomic E-state index is 0.111. The number of thiazole rings is 1. The van der Waals surface area contributed by atoms with Crippen molar-refractivity contribution in [2.45, 2.75) is 46.6 Å². The van der Waals surface area contributed by atoms with Crippen molar-refractivity contribution < 1.29 is 24.0 Å². The molecule has 0 saturated carbocycles. The number of phenols is 1. The average molecular weight is 508 g/mol. The van der Waals surface area contributed by atoms with E-state index in [1.807, 2.05) is 31.2 Å². The molecule has 0 aliphatic carbocycles. The molecular formula is C28H31N2O5S+. The van der Waals surface area contributed by atoms with E-state index in [0.29, 0.717) is 40.4 Å². The van der Waals surface area contributed by atoms with Gasteiger partial charge in [-0.15, -0.1) is 11.3 Å². The number of likely N-dealkylation sites (tertiary alicyclic amines) is 1. The fourth-order valence-corrected chi connectivity index (χ4v) is 6.21. The summed E-state index contributed by atoms with van der Waals surface area (Å²) < 4.78 is 12.4. The molecule has 0 radical (unpaired) electrons. The van der Waals surface area contributed by atoms with Crippen LogP contribution in [0.3, 0.4) is 0 Å². The van der Waals surface area contributed by atoms with Crippen LogP contribution in [0, 0.1) is 5.92 Å². The summed E-state index contributed by atoms with van der Waals surface area (Å²) in [5.74, 6) is -0.152. The maximum absolute atomic E-state index is 14.0. The van der Waals surface area contributed by atoms with Crippen LogP contribution < -0.4 is 10.3 Å². The largest absolute Gasteiger partial charge is 0.507 e. The highest BCUT2D eigenvalue weighted by Gasteiger charge is 2.30. The minimum Gasteiger partial charge on any atom is -0.507 e. The van der Waals surface area contributed by atoms with Gasteiger partial charge >= 0.3 is 5.97 Å². The molecular weight excluding hydrogens is 476 g/mol. The van der Waals surface area contributed by atoms with Crippen molar-refractivity contribution in [3.63, 3.8) is 0 Å². The van der Waals surface area contributed by atoms with Gasteiger partial charge in [-0.1, -0.05) is 26.0 Å². The van der Waals surface area contributed by atoms with Gasteiger partial charge in [-0.2, -0.15) is 0 Å². The standard InChI is InChI=1S/C28H30N2O5S/c1-4-17-13-18-24(32)22(27-29-20-10-6-7-11-21(20)36-27)26(28(33)34-5-2)35-25(18)19(23(17)31)15-30-12-8-9-16(3)14-30/h6-7,10-11,13,16,31H,4-5,8-9,12,14-15H2,1-3H3/p+1/t16-/m0/s1. The summed E-state index contributed by atoms with van der Waals surface area (Å²) in [7, 11) is 0. The molecule has 0 spiro atoms. The number of fused-ring (bicyclic) bond motifs is 2. The number of ether oxygens (including phenoxy) is 1. The Balaban J connectivity index is 1.77. The lowest BCUT2D eigenvalue weighted by Crippen LogP contribution is -3.12. The number of piperidine rings is 1. The van der Waals surface area contributed by atoms with Gasteiger partial charge in [0.15, 0.2) is 5.58 Å². The Bertz CT molecular complexity index is 1470. The number of rotatable bonds is 6. The van der Waals surface area contributed by atoms with Crippen molar-refractivity contribution in [1.82, 2.24) is 4.98 Å². The second-order valence-corrected chi connectivity index (χ2v) is 10.6. The van der Waals surface area contributed by atoms with Gasteiger partial charge in [0.1, 0.15) is 22.9 Å². The predicted molar refractivity (Wildman–Crippen MR) is 141 cm³/mol. The number of nitrogens with one attached hydrogen (secondary N) is 1. The van der Waals surface area contributed by atoms with Gasteiger partial charge in [-0.25, -0.2) is 9.78 Å². The van der Waals surface area contributed by atoms with Crippen LogP contribution >= 0.6 is 11.3 Å². The maximum atomic E-state index is 14.0. The van der Waals surface area contributed by atoms with Crippen LogP contribution in [0.5, 0.6) is 5.75 Å². The number of aryl methyl sites for hydroxylation is 1. The zero-order chi connectivity index (χ0) is 25.4. The Kier molecular flexibility index (Phi) is 6.81. The normalized spacial score (nSPS) is 18.1. The van der Waals surface area contributed by atoms with Crippen LogP contribution in [-0.2, 0) is 17.7 Å². The molecule has 2 aromatic heterocycles. The monoisotopic (exact) mass is 507 g/mol. The third-order valence-corrected chi connectivity index (χ3v) is 8.02. The molecule has 1 unspecified atom stereocenters. The minimum atomic E-state index is -0.713. The molecule has 2 N–H and O–H groups in total. The van der Waals surface area contributed by atoms with Gasteiger partial charge in [0.2, 0.25) is 11.2 Å². The quantitative estimate of drug-likeness (QED) is 0.378. The lowest BCUT2D eigenvalue weighted by Gasteiger charge is -2.28. The van der Waals surface area contributed by atoms with E-state index in [-0.39, 0.29) is 34.7 Å². The molecule has 36 heavy (non-hydrogen) atoms. The first-order valence-electron chi connectivity index (χ1n) is 12.6. The van der Waals surface area contributed by atoms with Crippen molar-refractivity contribution >= 4 is 38.5 Å². The molecule has 1 aliphatic rings. The van der Waals surface area contributed by atoms with Crippen molar-refractivity contribution in [3.8, 4) is 16.3 Å². The van der Waals surface area contributed by atoms with E-state index in [1.54, 1.807) is 13.0 Å². The van der Waals surface area contributed by atoms with E-state index in [9.17, 15) is 14.7 Å². The number of aromatic hydroxyl groups is 1. The molecule has 2 atom stereocenters. The molecule has 1 fully saturated rings. The topological polar surface area (TPSA) is 94.1 Å². The first-order valence-corrected chi connectivity index (χ1v) is 13.4. The summed E-state index contributed by atoms with van der Waals surface area (Å²) in [4.78, 5) is 33.0. The van der Waals surface area contributed by atoms with E-state index in [2.05, 4.69) is 11.9 Å². The lowest BCUT2D eigenvalue weighted by molar-refractivity contribution is -0.922. The highest BCUT2D eigenvalue weighted by molar-refractivity contribution is 7.21. The smallest absolute Gasteiger partial charge is 0.375 e. The lowest BCUT2D eigenvalue weighted by atomic mass is 9.97. The zero-order valence-electron chi connectivity index (χ0n) is 20.8. The Morgan fingerprint density at radius 3 is 2.83 bits per heavy atom. The van der Waals surface area contributed by atoms with E-state index < -0.39 is 5.97 Å². The van der Waals surface area contributed by atoms with E-state index >= 15 is 0 Å². The second-order valence-electron chi connectivity index (χ2n) is 9.56. The maximum Gasteiger partial charge on any atom is 0.375 e. The summed E-state index contributed by atoms with van der Waals surface area (Å²) in [5.41, 5.74) is 2.04. The van der Waals surface area contributed by atoms with Crippen molar-refractivity contribution in [2.75, 3.05) is 19.7 Å². The number of quaternary nitrogens is 1. The van der Waals surface area contributed by atoms with Crippen LogP contribution in [0.2, 0.25) is 0 Å². The molecule has 8 heteroatoms. The molecule has 2 aromatic carbocycles. The molecule has 1 saturated heterocycles. The van der Waals surface area contributed by atoms with Gasteiger partial charge < -0.3 is 19.2 Å². The van der Waals surface area contributed by atoms with Crippen LogP contribution in [0.15, 0.2) is 39.5 Å². The highest BCUT2D eigenvalue weighted by Crippen LogP contribution is 2.36. The molecule has 4 aromatic rings. The van der Waals surface area contributed by atoms with Crippen molar-refractivity contribution in [3.05, 3.63) is 57.4 Å². The van der Waals surface area contributed by atoms with Gasteiger partial charge in [-0.05, 0) is 49.9 Å². The number of carbonyl (C=O) groups is 1. The molecule has 7 nitrogen and oxygen atoms in total. The van der Waals surface area contributed by atoms with Crippen LogP contribution in [0.25, 0.3) is 31.8 Å². The third kappa shape index (κ3) is 4.40. The number of nitrogens with zero attached hydrogens (tertiary/aromatic N) is 1. The highest BCUT2D eigenvalue weighted by atomic mass is 32.1. The summed E-state index contributed by atoms with van der Waals surface area (Å²) in [6.07, 6.45) is 2.87. The summed E-state index contributed by atoms with van der Waals surface area (Å²) in [6, 6.07) is 9.28. The second kappa shape index (κ2) is 10.0. The fourth-order valence-electron chi connectivity index (χ4n) is 5.20. The first-order chi connectivity index (χ1) is 17.4. The Morgan fingerprint density at radius 1 is 1.31 bits per heavy atom. The SMILES string of the molecule is CCOC(=O)c1oc2c(C[NH+]3CCC[C@H](C)C3)c(O)c(CC)cc2c(=O)c1-c1nc2ccccc2s1. The first kappa shape index (κ1) is 24.5. The summed E-state index contributed by atoms with van der Waals surface area (Å²) in [6.45, 7) is 8.53. The van der Waals surface area contributed by atoms with E-state index in [4.69, 9.17) is 9.15 Å². The summed E-state index contributed by atoms with van der Waals surface area (Å²) >= 11 is 1.34. The molecule has 0 amide bonds. The van der Waals surface area contributed by atoms with Crippen molar-refractivity contribution in [1.29, 1.82) is 0 Å². The number of carbonyl (C=O) groups excluding carboxylic acids is 1. The number of hydrogen-bond acceptors (Lipinski definition) is 7. The van der Waals surface area contributed by atoms with Gasteiger partial charge in [0.05, 0.1) is 40.9 Å². The average Bonchev–Trinajstić information content (AvgIpc) is 3.29. The number of phenolic OH excluding ortho intramolecular Hbond substituents is 1. The van der Waals surface area contributed by atoms with E-state index in [1.165, 1.54) is 22.7 Å². The predicted octanol–water partition coefficient (Wildman–Crippen LogP) is 4.33. The summed E-state index contributed by atoms with van der Waals surface area (Å²) in [5, 5.41) is 12.0. The number of benzene rings is 2. The molecule has 5 rings (SSSR count). The number of para-hydroxylation sites is 1. The van der Waals surface area contributed by atoms with Crippen LogP contribution in [0.4, 0.5) is 0 Å². The Morgan fingerprint density at radius 2 is 2.11 bits per heavy atom. The van der Waals surface area contributed by atoms with Gasteiger partial charge in [0.25, 0.3) is 0 Å². The Hall–Kier alpha value is -3.23. The zero-order valence-corrected chi connectivity index (χ0v) is 21.7. The number of hydrogen-bond donors (Lipinski definition) is 2. The van der Waals surface area contributed by atoms with E-state index in [0.717, 1.165) is 29.7 Å².